The first-order valence-corrected chi connectivity index (χ1v) is 8.29. The minimum absolute atomic E-state index is 0.168. The van der Waals surface area contributed by atoms with E-state index in [0.717, 1.165) is 39.1 Å². The van der Waals surface area contributed by atoms with Crippen LogP contribution in [0.2, 0.25) is 0 Å². The molecule has 128 valence electrons. The van der Waals surface area contributed by atoms with Crippen LogP contribution in [0.4, 0.5) is 10.1 Å². The largest absolute Gasteiger partial charge is 0.383 e. The lowest BCUT2D eigenvalue weighted by Crippen LogP contribution is -2.47. The molecule has 1 heterocycles. The molecule has 0 bridgehead atoms. The summed E-state index contributed by atoms with van der Waals surface area (Å²) in [5, 5.41) is 12.1. The Morgan fingerprint density at radius 1 is 1.30 bits per heavy atom. The summed E-state index contributed by atoms with van der Waals surface area (Å²) < 4.78 is 13.8. The maximum Gasteiger partial charge on any atom is 0.248 e. The number of aliphatic hydroxyl groups is 1. The number of amides is 1. The Morgan fingerprint density at radius 3 is 2.65 bits per heavy atom. The minimum Gasteiger partial charge on any atom is -0.383 e. The van der Waals surface area contributed by atoms with E-state index in [-0.39, 0.29) is 11.7 Å². The molecular weight excluding hydrogens is 297 g/mol. The summed E-state index contributed by atoms with van der Waals surface area (Å²) >= 11 is 0. The summed E-state index contributed by atoms with van der Waals surface area (Å²) in [6.45, 7) is 6.64. The van der Waals surface area contributed by atoms with Crippen LogP contribution >= 0.6 is 0 Å². The number of nitrogens with one attached hydrogen (secondary N) is 1. The number of anilines is 1. The fourth-order valence-corrected chi connectivity index (χ4v) is 2.74. The topological polar surface area (TPSA) is 55.8 Å². The third-order valence-electron chi connectivity index (χ3n) is 4.21. The quantitative estimate of drug-likeness (QED) is 0.741. The SMILES string of the molecule is CC[C@H](O)C(=O)NCCCN1CCN(c2ccccc2F)CC1. The maximum absolute atomic E-state index is 13.8. The summed E-state index contributed by atoms with van der Waals surface area (Å²) in [4.78, 5) is 15.8. The van der Waals surface area contributed by atoms with Crippen molar-refractivity contribution in [2.75, 3.05) is 44.2 Å². The number of carbonyl (C=O) groups is 1. The first kappa shape index (κ1) is 17.7. The van der Waals surface area contributed by atoms with Crippen molar-refractivity contribution < 1.29 is 14.3 Å². The molecule has 2 N–H and O–H groups in total. The molecule has 1 aliphatic rings. The second-order valence-electron chi connectivity index (χ2n) is 5.85. The Morgan fingerprint density at radius 2 is 2.00 bits per heavy atom. The Balaban J connectivity index is 1.66. The molecule has 2 rings (SSSR count). The average Bonchev–Trinajstić information content (AvgIpc) is 2.59. The predicted molar refractivity (Wildman–Crippen MR) is 89.0 cm³/mol. The monoisotopic (exact) mass is 323 g/mol. The van der Waals surface area contributed by atoms with Crippen molar-refractivity contribution in [3.63, 3.8) is 0 Å². The summed E-state index contributed by atoms with van der Waals surface area (Å²) in [6, 6.07) is 6.88. The Hall–Kier alpha value is -1.66. The molecule has 1 saturated heterocycles. The van der Waals surface area contributed by atoms with Crippen molar-refractivity contribution in [3.05, 3.63) is 30.1 Å². The highest BCUT2D eigenvalue weighted by Crippen LogP contribution is 2.20. The molecular formula is C17H26FN3O2. The molecule has 1 atom stereocenters. The standard InChI is InChI=1S/C17H26FN3O2/c1-2-16(22)17(23)19-8-5-9-20-10-12-21(13-11-20)15-7-4-3-6-14(15)18/h3-4,6-7,16,22H,2,5,8-13H2,1H3,(H,19,23)/t16-/m0/s1. The van der Waals surface area contributed by atoms with Gasteiger partial charge in [0.1, 0.15) is 11.9 Å². The molecule has 1 amide bonds. The van der Waals surface area contributed by atoms with Gasteiger partial charge in [-0.15, -0.1) is 0 Å². The summed E-state index contributed by atoms with van der Waals surface area (Å²) in [5.74, 6) is -0.463. The Labute approximate surface area is 137 Å². The Kier molecular flexibility index (Phi) is 6.80. The van der Waals surface area contributed by atoms with Crippen LogP contribution in [0.5, 0.6) is 0 Å². The zero-order chi connectivity index (χ0) is 16.7. The van der Waals surface area contributed by atoms with Gasteiger partial charge in [-0.25, -0.2) is 4.39 Å². The van der Waals surface area contributed by atoms with Crippen LogP contribution in [0.1, 0.15) is 19.8 Å². The van der Waals surface area contributed by atoms with Gasteiger partial charge < -0.3 is 15.3 Å². The van der Waals surface area contributed by atoms with E-state index < -0.39 is 6.10 Å². The van der Waals surface area contributed by atoms with Gasteiger partial charge >= 0.3 is 0 Å². The van der Waals surface area contributed by atoms with E-state index in [1.165, 1.54) is 6.07 Å². The second kappa shape index (κ2) is 8.84. The first-order valence-electron chi connectivity index (χ1n) is 8.29. The van der Waals surface area contributed by atoms with Crippen LogP contribution in [0.15, 0.2) is 24.3 Å². The van der Waals surface area contributed by atoms with Crippen molar-refractivity contribution in [1.82, 2.24) is 10.2 Å². The van der Waals surface area contributed by atoms with Crippen molar-refractivity contribution in [1.29, 1.82) is 0 Å². The van der Waals surface area contributed by atoms with Crippen LogP contribution in [0.3, 0.4) is 0 Å². The van der Waals surface area contributed by atoms with Crippen molar-refractivity contribution in [2.24, 2.45) is 0 Å². The number of nitrogens with zero attached hydrogens (tertiary/aromatic N) is 2. The Bertz CT molecular complexity index is 504. The molecule has 0 unspecified atom stereocenters. The molecule has 6 heteroatoms. The summed E-state index contributed by atoms with van der Waals surface area (Å²) in [5.41, 5.74) is 0.674. The zero-order valence-corrected chi connectivity index (χ0v) is 13.7. The van der Waals surface area contributed by atoms with Gasteiger partial charge in [0.2, 0.25) is 5.91 Å². The molecule has 1 fully saturated rings. The van der Waals surface area contributed by atoms with Crippen molar-refractivity contribution >= 4 is 11.6 Å². The fraction of sp³-hybridized carbons (Fsp3) is 0.588. The van der Waals surface area contributed by atoms with E-state index in [4.69, 9.17) is 0 Å². The van der Waals surface area contributed by atoms with Gasteiger partial charge in [-0.3, -0.25) is 9.69 Å². The van der Waals surface area contributed by atoms with Gasteiger partial charge in [0.15, 0.2) is 0 Å². The van der Waals surface area contributed by atoms with Crippen molar-refractivity contribution in [3.8, 4) is 0 Å². The number of rotatable bonds is 7. The molecule has 5 nitrogen and oxygen atoms in total. The van der Waals surface area contributed by atoms with Gasteiger partial charge in [-0.05, 0) is 31.5 Å². The molecule has 0 saturated carbocycles. The van der Waals surface area contributed by atoms with E-state index in [0.29, 0.717) is 18.7 Å². The number of benzene rings is 1. The van der Waals surface area contributed by atoms with Crippen LogP contribution in [0.25, 0.3) is 0 Å². The summed E-state index contributed by atoms with van der Waals surface area (Å²) in [7, 11) is 0. The van der Waals surface area contributed by atoms with Gasteiger partial charge in [-0.1, -0.05) is 19.1 Å². The number of carbonyl (C=O) groups excluding carboxylic acids is 1. The number of halogens is 1. The van der Waals surface area contributed by atoms with Gasteiger partial charge in [0.25, 0.3) is 0 Å². The molecule has 1 aliphatic heterocycles. The maximum atomic E-state index is 13.8. The lowest BCUT2D eigenvalue weighted by atomic mass is 10.2. The molecule has 0 spiro atoms. The van der Waals surface area contributed by atoms with Crippen molar-refractivity contribution in [2.45, 2.75) is 25.9 Å². The molecule has 1 aromatic rings. The highest BCUT2D eigenvalue weighted by atomic mass is 19.1. The fourth-order valence-electron chi connectivity index (χ4n) is 2.74. The molecule has 0 aromatic heterocycles. The number of hydrogen-bond donors (Lipinski definition) is 2. The van der Waals surface area contributed by atoms with E-state index in [1.54, 1.807) is 13.0 Å². The van der Waals surface area contributed by atoms with Gasteiger partial charge in [0.05, 0.1) is 5.69 Å². The van der Waals surface area contributed by atoms with E-state index in [2.05, 4.69) is 15.1 Å². The third kappa shape index (κ3) is 5.18. The van der Waals surface area contributed by atoms with Crippen LogP contribution in [0, 0.1) is 5.82 Å². The second-order valence-corrected chi connectivity index (χ2v) is 5.85. The van der Waals surface area contributed by atoms with Crippen LogP contribution in [-0.4, -0.2) is 61.3 Å². The lowest BCUT2D eigenvalue weighted by molar-refractivity contribution is -0.129. The van der Waals surface area contributed by atoms with E-state index in [1.807, 2.05) is 12.1 Å². The zero-order valence-electron chi connectivity index (χ0n) is 13.7. The smallest absolute Gasteiger partial charge is 0.248 e. The number of aliphatic hydroxyl groups excluding tert-OH is 1. The lowest BCUT2D eigenvalue weighted by Gasteiger charge is -2.36. The van der Waals surface area contributed by atoms with Crippen LogP contribution < -0.4 is 10.2 Å². The number of para-hydroxylation sites is 1. The molecule has 1 aromatic carbocycles. The minimum atomic E-state index is -0.903. The van der Waals surface area contributed by atoms with Crippen LogP contribution in [-0.2, 0) is 4.79 Å². The molecule has 0 radical (unpaired) electrons. The molecule has 23 heavy (non-hydrogen) atoms. The third-order valence-corrected chi connectivity index (χ3v) is 4.21. The average molecular weight is 323 g/mol. The van der Waals surface area contributed by atoms with E-state index in [9.17, 15) is 14.3 Å². The summed E-state index contributed by atoms with van der Waals surface area (Å²) in [6.07, 6.45) is 0.380. The normalized spacial score (nSPS) is 17.1. The predicted octanol–water partition coefficient (Wildman–Crippen LogP) is 1.22. The number of hydrogen-bond acceptors (Lipinski definition) is 4. The van der Waals surface area contributed by atoms with Gasteiger partial charge in [0, 0.05) is 32.7 Å². The van der Waals surface area contributed by atoms with Gasteiger partial charge in [-0.2, -0.15) is 0 Å². The highest BCUT2D eigenvalue weighted by molar-refractivity contribution is 5.80. The highest BCUT2D eigenvalue weighted by Gasteiger charge is 2.19. The first-order chi connectivity index (χ1) is 11.1. The van der Waals surface area contributed by atoms with E-state index >= 15 is 0 Å². The molecule has 0 aliphatic carbocycles. The number of piperazine rings is 1.